The summed E-state index contributed by atoms with van der Waals surface area (Å²) in [5, 5.41) is 6.12. The molecule has 9 heteroatoms. The van der Waals surface area contributed by atoms with Gasteiger partial charge in [0.2, 0.25) is 15.0 Å². The normalized spacial score (nSPS) is 11.9. The lowest BCUT2D eigenvalue weighted by Crippen LogP contribution is -2.25. The summed E-state index contributed by atoms with van der Waals surface area (Å²) in [4.78, 5) is 5.47. The van der Waals surface area contributed by atoms with Crippen LogP contribution in [0, 0.1) is 0 Å². The third-order valence-corrected chi connectivity index (χ3v) is 7.02. The van der Waals surface area contributed by atoms with E-state index in [0.717, 1.165) is 33.3 Å². The highest BCUT2D eigenvalue weighted by molar-refractivity contribution is 7.88. The van der Waals surface area contributed by atoms with Gasteiger partial charge in [0.1, 0.15) is 5.01 Å². The van der Waals surface area contributed by atoms with Crippen LogP contribution in [0.15, 0.2) is 54.6 Å². The molecule has 1 N–H and O–H groups in total. The van der Waals surface area contributed by atoms with Gasteiger partial charge in [-0.05, 0) is 24.1 Å². The van der Waals surface area contributed by atoms with Gasteiger partial charge < -0.3 is 0 Å². The van der Waals surface area contributed by atoms with Gasteiger partial charge in [-0.3, -0.25) is 0 Å². The van der Waals surface area contributed by atoms with Crippen LogP contribution < -0.4 is 4.72 Å². The maximum Gasteiger partial charge on any atom is 0.216 e. The molecule has 0 amide bonds. The van der Waals surface area contributed by atoms with Gasteiger partial charge in [0, 0.05) is 10.6 Å². The zero-order valence-corrected chi connectivity index (χ0v) is 18.1. The number of fused-ring (bicyclic) bond motifs is 1. The second-order valence-electron chi connectivity index (χ2n) is 6.52. The van der Waals surface area contributed by atoms with Gasteiger partial charge in [-0.25, -0.2) is 22.6 Å². The third kappa shape index (κ3) is 4.51. The average molecular weight is 447 g/mol. The fraction of sp³-hybridized carbons (Fsp3) is 0.200. The van der Waals surface area contributed by atoms with E-state index in [-0.39, 0.29) is 12.3 Å². The van der Waals surface area contributed by atoms with Crippen molar-refractivity contribution < 1.29 is 8.42 Å². The molecule has 2 heterocycles. The summed E-state index contributed by atoms with van der Waals surface area (Å²) >= 11 is 7.39. The van der Waals surface area contributed by atoms with Crippen LogP contribution in [-0.4, -0.2) is 23.0 Å². The monoisotopic (exact) mass is 446 g/mol. The summed E-state index contributed by atoms with van der Waals surface area (Å²) in [6, 6.07) is 16.5. The summed E-state index contributed by atoms with van der Waals surface area (Å²) < 4.78 is 29.7. The Kier molecular flexibility index (Phi) is 5.69. The zero-order chi connectivity index (χ0) is 20.4. The van der Waals surface area contributed by atoms with Crippen LogP contribution in [-0.2, 0) is 28.7 Å². The van der Waals surface area contributed by atoms with E-state index in [4.69, 9.17) is 16.6 Å². The minimum Gasteiger partial charge on any atom is -0.217 e. The molecule has 4 rings (SSSR count). The molecule has 6 nitrogen and oxygen atoms in total. The van der Waals surface area contributed by atoms with Crippen LogP contribution in [0.4, 0.5) is 0 Å². The maximum atomic E-state index is 12.6. The van der Waals surface area contributed by atoms with E-state index in [1.54, 1.807) is 28.8 Å². The van der Waals surface area contributed by atoms with Crippen molar-refractivity contribution in [2.24, 2.45) is 0 Å². The van der Waals surface area contributed by atoms with Crippen molar-refractivity contribution in [3.8, 4) is 11.3 Å². The number of nitrogens with zero attached hydrogens (tertiary/aromatic N) is 3. The number of sulfonamides is 1. The van der Waals surface area contributed by atoms with Crippen LogP contribution in [0.1, 0.15) is 23.2 Å². The Morgan fingerprint density at radius 1 is 1.10 bits per heavy atom. The van der Waals surface area contributed by atoms with Crippen molar-refractivity contribution in [3.63, 3.8) is 0 Å². The second-order valence-corrected chi connectivity index (χ2v) is 9.81. The van der Waals surface area contributed by atoms with Gasteiger partial charge in [-0.2, -0.15) is 5.10 Å². The smallest absolute Gasteiger partial charge is 0.216 e. The van der Waals surface area contributed by atoms with E-state index in [0.29, 0.717) is 10.6 Å². The van der Waals surface area contributed by atoms with Crippen molar-refractivity contribution in [2.75, 3.05) is 0 Å². The van der Waals surface area contributed by atoms with Gasteiger partial charge in [-0.15, -0.1) is 0 Å². The van der Waals surface area contributed by atoms with Crippen molar-refractivity contribution >= 4 is 37.9 Å². The molecule has 0 aliphatic rings. The molecule has 2 aromatic heterocycles. The average Bonchev–Trinajstić information content (AvgIpc) is 3.26. The Labute approximate surface area is 178 Å². The largest absolute Gasteiger partial charge is 0.217 e. The van der Waals surface area contributed by atoms with Crippen molar-refractivity contribution in [1.29, 1.82) is 0 Å². The van der Waals surface area contributed by atoms with E-state index >= 15 is 0 Å². The van der Waals surface area contributed by atoms with E-state index in [1.807, 2.05) is 37.3 Å². The molecular weight excluding hydrogens is 428 g/mol. The van der Waals surface area contributed by atoms with Gasteiger partial charge in [0.15, 0.2) is 0 Å². The molecule has 150 valence electrons. The van der Waals surface area contributed by atoms with Gasteiger partial charge >= 0.3 is 0 Å². The first kappa shape index (κ1) is 20.0. The number of halogens is 1. The van der Waals surface area contributed by atoms with Crippen molar-refractivity contribution in [3.05, 3.63) is 75.9 Å². The maximum absolute atomic E-state index is 12.6. The van der Waals surface area contributed by atoms with Crippen LogP contribution in [0.5, 0.6) is 0 Å². The van der Waals surface area contributed by atoms with E-state index in [9.17, 15) is 8.42 Å². The van der Waals surface area contributed by atoms with Crippen molar-refractivity contribution in [1.82, 2.24) is 19.3 Å². The molecule has 0 aliphatic carbocycles. The Hall–Kier alpha value is -2.26. The van der Waals surface area contributed by atoms with Crippen LogP contribution >= 0.6 is 22.9 Å². The van der Waals surface area contributed by atoms with E-state index < -0.39 is 10.0 Å². The number of aromatic nitrogens is 3. The lowest BCUT2D eigenvalue weighted by atomic mass is 10.1. The summed E-state index contributed by atoms with van der Waals surface area (Å²) in [5.74, 6) is -0.121. The van der Waals surface area contributed by atoms with E-state index in [2.05, 4.69) is 9.82 Å². The fourth-order valence-electron chi connectivity index (χ4n) is 2.99. The molecule has 0 saturated carbocycles. The second kappa shape index (κ2) is 8.23. The molecule has 0 unspecified atom stereocenters. The van der Waals surface area contributed by atoms with Crippen LogP contribution in [0.3, 0.4) is 0 Å². The molecule has 0 fully saturated rings. The van der Waals surface area contributed by atoms with Gasteiger partial charge in [0.25, 0.3) is 0 Å². The molecule has 0 spiro atoms. The Bertz CT molecular complexity index is 1230. The number of aryl methyl sites for hydroxylation is 1. The first-order chi connectivity index (χ1) is 13.9. The van der Waals surface area contributed by atoms with E-state index in [1.165, 1.54) is 11.3 Å². The van der Waals surface area contributed by atoms with Crippen LogP contribution in [0.25, 0.3) is 16.2 Å². The minimum absolute atomic E-state index is 0.105. The molecular formula is C20H19ClN4O2S2. The number of imidazole rings is 1. The zero-order valence-electron chi connectivity index (χ0n) is 15.7. The summed E-state index contributed by atoms with van der Waals surface area (Å²) in [5.41, 5.74) is 3.06. The summed E-state index contributed by atoms with van der Waals surface area (Å²) in [6.07, 6.45) is 0.802. The highest BCUT2D eigenvalue weighted by Gasteiger charge is 2.20. The third-order valence-electron chi connectivity index (χ3n) is 4.42. The fourth-order valence-corrected chi connectivity index (χ4v) is 5.06. The van der Waals surface area contributed by atoms with Gasteiger partial charge in [0.05, 0.1) is 23.7 Å². The first-order valence-corrected chi connectivity index (χ1v) is 11.9. The SMILES string of the molecule is CCc1nn2c(CNS(=O)(=O)Cc3ccc(Cl)cc3)c(-c3ccccc3)nc2s1. The van der Waals surface area contributed by atoms with Crippen molar-refractivity contribution in [2.45, 2.75) is 25.6 Å². The Morgan fingerprint density at radius 3 is 2.52 bits per heavy atom. The van der Waals surface area contributed by atoms with Crippen LogP contribution in [0.2, 0.25) is 5.02 Å². The molecule has 0 atom stereocenters. The number of nitrogens with one attached hydrogen (secondary N) is 1. The minimum atomic E-state index is -3.55. The lowest BCUT2D eigenvalue weighted by molar-refractivity contribution is 0.579. The molecule has 0 saturated heterocycles. The predicted octanol–water partition coefficient (Wildman–Crippen LogP) is 4.29. The molecule has 0 bridgehead atoms. The highest BCUT2D eigenvalue weighted by Crippen LogP contribution is 2.27. The molecule has 0 aliphatic heterocycles. The molecule has 29 heavy (non-hydrogen) atoms. The molecule has 4 aromatic rings. The topological polar surface area (TPSA) is 76.4 Å². The number of benzene rings is 2. The quantitative estimate of drug-likeness (QED) is 0.459. The standard InChI is InChI=1S/C20H19ClN4O2S2/c1-2-18-24-25-17(19(23-20(25)28-18)15-6-4-3-5-7-15)12-22-29(26,27)13-14-8-10-16(21)11-9-14/h3-11,22H,2,12-13H2,1H3. The summed E-state index contributed by atoms with van der Waals surface area (Å²) in [7, 11) is -3.55. The Morgan fingerprint density at radius 2 is 1.83 bits per heavy atom. The first-order valence-electron chi connectivity index (χ1n) is 9.09. The molecule has 2 aromatic carbocycles. The predicted molar refractivity (Wildman–Crippen MR) is 117 cm³/mol. The van der Waals surface area contributed by atoms with Gasteiger partial charge in [-0.1, -0.05) is 72.3 Å². The Balaban J connectivity index is 1.63. The number of hydrogen-bond donors (Lipinski definition) is 1. The number of hydrogen-bond acceptors (Lipinski definition) is 5. The lowest BCUT2D eigenvalue weighted by Gasteiger charge is -2.08. The molecule has 0 radical (unpaired) electrons. The highest BCUT2D eigenvalue weighted by atomic mass is 35.5. The number of rotatable bonds is 7. The summed E-state index contributed by atoms with van der Waals surface area (Å²) in [6.45, 7) is 2.14.